The fraction of sp³-hybridized carbons (Fsp3) is 0.889. The van der Waals surface area contributed by atoms with E-state index in [1.54, 1.807) is 7.05 Å². The second kappa shape index (κ2) is 8.87. The molecule has 0 aromatic heterocycles. The van der Waals surface area contributed by atoms with Gasteiger partial charge in [-0.1, -0.05) is 26.7 Å². The van der Waals surface area contributed by atoms with Crippen LogP contribution in [0.25, 0.3) is 0 Å². The summed E-state index contributed by atoms with van der Waals surface area (Å²) in [6.45, 7) is 4.84. The number of amides is 1. The Hall–Kier alpha value is -1.19. The molecule has 2 aliphatic heterocycles. The molecule has 0 spiro atoms. The van der Waals surface area contributed by atoms with Crippen molar-refractivity contribution in [2.75, 3.05) is 40.8 Å². The van der Waals surface area contributed by atoms with Gasteiger partial charge in [0.2, 0.25) is 15.9 Å². The number of methoxy groups -OCH3 is 1. The van der Waals surface area contributed by atoms with Crippen LogP contribution < -0.4 is 0 Å². The summed E-state index contributed by atoms with van der Waals surface area (Å²) in [6.07, 6.45) is 3.60. The fourth-order valence-electron chi connectivity index (χ4n) is 4.00. The van der Waals surface area contributed by atoms with E-state index in [0.717, 1.165) is 25.8 Å². The minimum atomic E-state index is -3.45. The normalized spacial score (nSPS) is 24.1. The molecule has 0 radical (unpaired) electrons. The molecule has 9 heteroatoms. The first-order valence-electron chi connectivity index (χ1n) is 9.65. The van der Waals surface area contributed by atoms with Gasteiger partial charge in [0.25, 0.3) is 0 Å². The van der Waals surface area contributed by atoms with Crippen LogP contribution in [0.15, 0.2) is 0 Å². The number of esters is 1. The summed E-state index contributed by atoms with van der Waals surface area (Å²) in [5.74, 6) is -1.16. The van der Waals surface area contributed by atoms with E-state index in [4.69, 9.17) is 4.74 Å². The first kappa shape index (κ1) is 22.1. The van der Waals surface area contributed by atoms with E-state index < -0.39 is 33.3 Å². The number of carbonyl (C=O) groups excluding carboxylic acids is 2. The molecular formula is C18H33N3O5S. The van der Waals surface area contributed by atoms with E-state index >= 15 is 0 Å². The summed E-state index contributed by atoms with van der Waals surface area (Å²) in [6, 6.07) is -0.666. The summed E-state index contributed by atoms with van der Waals surface area (Å²) in [4.78, 5) is 28.1. The van der Waals surface area contributed by atoms with Gasteiger partial charge in [0, 0.05) is 20.1 Å². The summed E-state index contributed by atoms with van der Waals surface area (Å²) in [5, 5.41) is -0.507. The minimum absolute atomic E-state index is 0.0917. The van der Waals surface area contributed by atoms with Crippen molar-refractivity contribution in [3.8, 4) is 0 Å². The number of nitrogens with zero attached hydrogens (tertiary/aromatic N) is 3. The number of carbonyl (C=O) groups is 2. The first-order chi connectivity index (χ1) is 12.6. The predicted octanol–water partition coefficient (Wildman–Crippen LogP) is 0.736. The van der Waals surface area contributed by atoms with Gasteiger partial charge in [-0.2, -0.15) is 4.31 Å². The van der Waals surface area contributed by atoms with Gasteiger partial charge in [0.1, 0.15) is 11.4 Å². The Labute approximate surface area is 162 Å². The number of rotatable bonds is 6. The third kappa shape index (κ3) is 4.63. The van der Waals surface area contributed by atoms with Crippen LogP contribution >= 0.6 is 0 Å². The average molecular weight is 404 g/mol. The minimum Gasteiger partial charge on any atom is -0.467 e. The molecule has 0 saturated carbocycles. The van der Waals surface area contributed by atoms with Crippen LogP contribution in [0.2, 0.25) is 0 Å². The number of likely N-dealkylation sites (tertiary alicyclic amines) is 1. The van der Waals surface area contributed by atoms with Gasteiger partial charge in [-0.05, 0) is 32.4 Å². The van der Waals surface area contributed by atoms with E-state index in [0.29, 0.717) is 6.42 Å². The molecule has 0 aromatic rings. The Morgan fingerprint density at radius 1 is 1.15 bits per heavy atom. The third-order valence-corrected chi connectivity index (χ3v) is 7.99. The number of hydrogen-bond donors (Lipinski definition) is 0. The van der Waals surface area contributed by atoms with Crippen molar-refractivity contribution >= 4 is 21.9 Å². The molecule has 2 atom stereocenters. The van der Waals surface area contributed by atoms with Crippen molar-refractivity contribution in [1.82, 2.24) is 14.1 Å². The van der Waals surface area contributed by atoms with Crippen LogP contribution in [0.5, 0.6) is 0 Å². The Balaban J connectivity index is 2.01. The zero-order valence-electron chi connectivity index (χ0n) is 17.1. The highest BCUT2D eigenvalue weighted by Gasteiger charge is 2.46. The van der Waals surface area contributed by atoms with Crippen molar-refractivity contribution < 1.29 is 22.7 Å². The topological polar surface area (TPSA) is 87.2 Å². The molecule has 2 aliphatic rings. The molecule has 156 valence electrons. The zero-order valence-corrected chi connectivity index (χ0v) is 17.9. The quantitative estimate of drug-likeness (QED) is 0.608. The van der Waals surface area contributed by atoms with Crippen molar-refractivity contribution in [2.45, 2.75) is 50.9 Å². The lowest BCUT2D eigenvalue weighted by molar-refractivity contribution is -0.156. The number of hydrogen-bond acceptors (Lipinski definition) is 6. The van der Waals surface area contributed by atoms with Crippen LogP contribution in [0, 0.1) is 11.8 Å². The summed E-state index contributed by atoms with van der Waals surface area (Å²) in [7, 11) is 1.29. The fourth-order valence-corrected chi connectivity index (χ4v) is 6.14. The molecule has 0 aliphatic carbocycles. The van der Waals surface area contributed by atoms with E-state index in [9.17, 15) is 18.0 Å². The largest absolute Gasteiger partial charge is 0.467 e. The van der Waals surface area contributed by atoms with Crippen molar-refractivity contribution in [1.29, 1.82) is 0 Å². The number of ether oxygens (including phenoxy) is 1. The molecular weight excluding hydrogens is 370 g/mol. The molecule has 27 heavy (non-hydrogen) atoms. The molecule has 0 unspecified atom stereocenters. The van der Waals surface area contributed by atoms with E-state index in [1.165, 1.54) is 16.3 Å². The molecule has 0 aromatic carbocycles. The lowest BCUT2D eigenvalue weighted by Crippen LogP contribution is -2.61. The standard InChI is InChI=1S/C18H33N3O5S/c1-13(2)16(18(23)26-5)20(4)17(22)14-11-21(12-14)27(24,25)15-9-7-6-8-10-19(15)3/h13-16H,6-12H2,1-5H3/t15-,16-/m0/s1. The van der Waals surface area contributed by atoms with Crippen molar-refractivity contribution in [3.63, 3.8) is 0 Å². The van der Waals surface area contributed by atoms with Crippen LogP contribution in [0.4, 0.5) is 0 Å². The van der Waals surface area contributed by atoms with Crippen LogP contribution in [-0.4, -0.2) is 86.7 Å². The van der Waals surface area contributed by atoms with Gasteiger partial charge < -0.3 is 9.64 Å². The monoisotopic (exact) mass is 403 g/mol. The van der Waals surface area contributed by atoms with Gasteiger partial charge in [-0.15, -0.1) is 0 Å². The average Bonchev–Trinajstić information content (AvgIpc) is 2.77. The van der Waals surface area contributed by atoms with Gasteiger partial charge in [0.15, 0.2) is 0 Å². The maximum absolute atomic E-state index is 13.0. The second-order valence-electron chi connectivity index (χ2n) is 8.00. The third-order valence-electron chi connectivity index (χ3n) is 5.69. The summed E-state index contributed by atoms with van der Waals surface area (Å²) < 4.78 is 32.1. The van der Waals surface area contributed by atoms with Gasteiger partial charge in [-0.25, -0.2) is 13.2 Å². The van der Waals surface area contributed by atoms with E-state index in [2.05, 4.69) is 0 Å². The Kier molecular flexibility index (Phi) is 7.27. The van der Waals surface area contributed by atoms with Gasteiger partial charge >= 0.3 is 5.97 Å². The molecule has 2 saturated heterocycles. The SMILES string of the molecule is COC(=O)[C@H](C(C)C)N(C)C(=O)C1CN(S(=O)(=O)[C@H]2CCCCCN2C)C1. The van der Waals surface area contributed by atoms with Crippen LogP contribution in [0.1, 0.15) is 39.5 Å². The zero-order chi connectivity index (χ0) is 20.4. The van der Waals surface area contributed by atoms with Crippen LogP contribution in [0.3, 0.4) is 0 Å². The lowest BCUT2D eigenvalue weighted by atomic mass is 9.97. The highest BCUT2D eigenvalue weighted by Crippen LogP contribution is 2.29. The highest BCUT2D eigenvalue weighted by molar-refractivity contribution is 7.89. The molecule has 2 fully saturated rings. The van der Waals surface area contributed by atoms with Crippen molar-refractivity contribution in [2.24, 2.45) is 11.8 Å². The van der Waals surface area contributed by atoms with Crippen molar-refractivity contribution in [3.05, 3.63) is 0 Å². The van der Waals surface area contributed by atoms with E-state index in [-0.39, 0.29) is 24.9 Å². The summed E-state index contributed by atoms with van der Waals surface area (Å²) >= 11 is 0. The lowest BCUT2D eigenvalue weighted by Gasteiger charge is -2.43. The number of sulfonamides is 1. The number of likely N-dealkylation sites (N-methyl/N-ethyl adjacent to an activating group) is 1. The second-order valence-corrected chi connectivity index (χ2v) is 10.1. The Morgan fingerprint density at radius 3 is 2.33 bits per heavy atom. The van der Waals surface area contributed by atoms with Gasteiger partial charge in [-0.3, -0.25) is 9.69 Å². The smallest absolute Gasteiger partial charge is 0.328 e. The van der Waals surface area contributed by atoms with Crippen LogP contribution in [-0.2, 0) is 24.3 Å². The molecule has 8 nitrogen and oxygen atoms in total. The Bertz CT molecular complexity index is 645. The maximum atomic E-state index is 13.0. The van der Waals surface area contributed by atoms with Gasteiger partial charge in [0.05, 0.1) is 13.0 Å². The summed E-state index contributed by atoms with van der Waals surface area (Å²) in [5.41, 5.74) is 0. The molecule has 0 N–H and O–H groups in total. The highest BCUT2D eigenvalue weighted by atomic mass is 32.2. The molecule has 0 bridgehead atoms. The maximum Gasteiger partial charge on any atom is 0.328 e. The first-order valence-corrected chi connectivity index (χ1v) is 11.1. The van der Waals surface area contributed by atoms with E-state index in [1.807, 2.05) is 25.8 Å². The molecule has 2 rings (SSSR count). The molecule has 2 heterocycles. The molecule has 1 amide bonds. The predicted molar refractivity (Wildman–Crippen MR) is 102 cm³/mol. The Morgan fingerprint density at radius 2 is 1.78 bits per heavy atom.